The molecule has 2 saturated heterocycles. The quantitative estimate of drug-likeness (QED) is 0.466. The van der Waals surface area contributed by atoms with E-state index >= 15 is 0 Å². The summed E-state index contributed by atoms with van der Waals surface area (Å²) in [5.41, 5.74) is 1.21. The maximum atomic E-state index is 13.2. The summed E-state index contributed by atoms with van der Waals surface area (Å²) in [7, 11) is 0. The number of nitrogens with zero attached hydrogens (tertiary/aromatic N) is 2. The molecule has 7 nitrogen and oxygen atoms in total. The minimum Gasteiger partial charge on any atom is -0.349 e. The fraction of sp³-hybridized carbons (Fsp3) is 0.423. The van der Waals surface area contributed by atoms with Crippen molar-refractivity contribution in [2.45, 2.75) is 50.7 Å². The van der Waals surface area contributed by atoms with Gasteiger partial charge in [0.05, 0.1) is 12.6 Å². The van der Waals surface area contributed by atoms with Gasteiger partial charge in [-0.25, -0.2) is 4.79 Å². The van der Waals surface area contributed by atoms with Gasteiger partial charge in [0.25, 0.3) is 5.91 Å². The molecule has 0 aliphatic carbocycles. The highest BCUT2D eigenvalue weighted by molar-refractivity contribution is 9.10. The Morgan fingerprint density at radius 2 is 1.74 bits per heavy atom. The topological polar surface area (TPSA) is 81.8 Å². The van der Waals surface area contributed by atoms with Gasteiger partial charge in [0.2, 0.25) is 5.91 Å². The molecule has 4 rings (SSSR count). The van der Waals surface area contributed by atoms with Gasteiger partial charge >= 0.3 is 6.03 Å². The summed E-state index contributed by atoms with van der Waals surface area (Å²) in [5.74, 6) is -0.0889. The summed E-state index contributed by atoms with van der Waals surface area (Å²) in [6.45, 7) is 4.39. The van der Waals surface area contributed by atoms with Crippen LogP contribution in [-0.2, 0) is 16.1 Å². The lowest BCUT2D eigenvalue weighted by molar-refractivity contribution is -0.133. The SMILES string of the molecule is CCC(=O)N[C@@H](CCN1CCC2(CC1)NC(=O)N(Cc1ccc(Br)cc1)C2=O)c1ccccc1.Cl. The second-order valence-corrected chi connectivity index (χ2v) is 9.96. The summed E-state index contributed by atoms with van der Waals surface area (Å²) in [6.07, 6.45) is 2.42. The Labute approximate surface area is 221 Å². The summed E-state index contributed by atoms with van der Waals surface area (Å²) in [6, 6.07) is 17.3. The fourth-order valence-electron chi connectivity index (χ4n) is 4.71. The molecule has 1 spiro atoms. The highest BCUT2D eigenvalue weighted by atomic mass is 79.9. The molecule has 2 aromatic carbocycles. The summed E-state index contributed by atoms with van der Waals surface area (Å²) >= 11 is 3.41. The summed E-state index contributed by atoms with van der Waals surface area (Å²) in [4.78, 5) is 41.6. The second-order valence-electron chi connectivity index (χ2n) is 9.04. The van der Waals surface area contributed by atoms with Crippen LogP contribution in [0.2, 0.25) is 0 Å². The van der Waals surface area contributed by atoms with Gasteiger partial charge in [-0.2, -0.15) is 0 Å². The van der Waals surface area contributed by atoms with Gasteiger partial charge in [-0.05, 0) is 42.5 Å². The Kier molecular flexibility index (Phi) is 9.33. The molecule has 2 aliphatic rings. The molecule has 0 bridgehead atoms. The highest BCUT2D eigenvalue weighted by Gasteiger charge is 2.52. The highest BCUT2D eigenvalue weighted by Crippen LogP contribution is 2.31. The Bertz CT molecular complexity index is 1030. The molecular formula is C26H32BrClN4O3. The van der Waals surface area contributed by atoms with Crippen molar-refractivity contribution >= 4 is 46.2 Å². The minimum atomic E-state index is -0.807. The van der Waals surface area contributed by atoms with E-state index in [-0.39, 0.29) is 42.8 Å². The monoisotopic (exact) mass is 562 g/mol. The Morgan fingerprint density at radius 1 is 1.09 bits per heavy atom. The predicted octanol–water partition coefficient (Wildman–Crippen LogP) is 4.41. The Morgan fingerprint density at radius 3 is 2.37 bits per heavy atom. The van der Waals surface area contributed by atoms with E-state index in [1.54, 1.807) is 0 Å². The van der Waals surface area contributed by atoms with Crippen LogP contribution in [0.1, 0.15) is 49.8 Å². The first-order chi connectivity index (χ1) is 16.4. The number of hydrogen-bond donors (Lipinski definition) is 2. The molecule has 1 atom stereocenters. The van der Waals surface area contributed by atoms with Gasteiger partial charge in [-0.1, -0.05) is 65.3 Å². The van der Waals surface area contributed by atoms with E-state index in [4.69, 9.17) is 0 Å². The van der Waals surface area contributed by atoms with E-state index in [0.29, 0.717) is 19.3 Å². The van der Waals surface area contributed by atoms with Crippen LogP contribution in [-0.4, -0.2) is 52.8 Å². The maximum Gasteiger partial charge on any atom is 0.325 e. The number of urea groups is 1. The van der Waals surface area contributed by atoms with Crippen molar-refractivity contribution in [3.63, 3.8) is 0 Å². The smallest absolute Gasteiger partial charge is 0.325 e. The normalized spacial score (nSPS) is 18.2. The standard InChI is InChI=1S/C26H31BrN4O3.ClH/c1-2-23(32)28-22(20-6-4-3-5-7-20)12-15-30-16-13-26(14-17-30)24(33)31(25(34)29-26)18-19-8-10-21(27)11-9-19;/h3-11,22H,2,12-18H2,1H3,(H,28,32)(H,29,34);1H/t22-;/m0./s1. The molecule has 2 fully saturated rings. The van der Waals surface area contributed by atoms with E-state index in [9.17, 15) is 14.4 Å². The number of carbonyl (C=O) groups excluding carboxylic acids is 3. The first-order valence-corrected chi connectivity index (χ1v) is 12.6. The minimum absolute atomic E-state index is 0. The zero-order valence-electron chi connectivity index (χ0n) is 19.8. The van der Waals surface area contributed by atoms with E-state index in [1.807, 2.05) is 61.5 Å². The first kappa shape index (κ1) is 27.2. The van der Waals surface area contributed by atoms with Crippen LogP contribution in [0.15, 0.2) is 59.1 Å². The number of benzene rings is 2. The van der Waals surface area contributed by atoms with Crippen molar-refractivity contribution in [2.24, 2.45) is 0 Å². The summed E-state index contributed by atoms with van der Waals surface area (Å²) in [5, 5.41) is 6.12. The molecule has 2 aliphatic heterocycles. The number of rotatable bonds is 8. The molecule has 2 aromatic rings. The van der Waals surface area contributed by atoms with Crippen LogP contribution < -0.4 is 10.6 Å². The molecule has 188 valence electrons. The largest absolute Gasteiger partial charge is 0.349 e. The molecule has 35 heavy (non-hydrogen) atoms. The molecule has 0 unspecified atom stereocenters. The maximum absolute atomic E-state index is 13.2. The van der Waals surface area contributed by atoms with E-state index in [0.717, 1.165) is 41.7 Å². The van der Waals surface area contributed by atoms with Crippen molar-refractivity contribution in [3.05, 3.63) is 70.2 Å². The van der Waals surface area contributed by atoms with Crippen molar-refractivity contribution in [2.75, 3.05) is 19.6 Å². The average Bonchev–Trinajstić information content (AvgIpc) is 3.08. The molecular weight excluding hydrogens is 532 g/mol. The molecule has 4 amide bonds. The predicted molar refractivity (Wildman–Crippen MR) is 141 cm³/mol. The third kappa shape index (κ3) is 6.42. The van der Waals surface area contributed by atoms with Gasteiger partial charge in [0.15, 0.2) is 0 Å². The van der Waals surface area contributed by atoms with Gasteiger partial charge in [-0.15, -0.1) is 12.4 Å². The lowest BCUT2D eigenvalue weighted by atomic mass is 9.87. The van der Waals surface area contributed by atoms with Gasteiger partial charge in [0, 0.05) is 30.5 Å². The third-order valence-electron chi connectivity index (χ3n) is 6.80. The zero-order valence-corrected chi connectivity index (χ0v) is 22.2. The summed E-state index contributed by atoms with van der Waals surface area (Å²) < 4.78 is 0.959. The van der Waals surface area contributed by atoms with Crippen molar-refractivity contribution < 1.29 is 14.4 Å². The number of carbonyl (C=O) groups is 3. The first-order valence-electron chi connectivity index (χ1n) is 11.9. The number of amides is 4. The van der Waals surface area contributed by atoms with Crippen LogP contribution in [0, 0.1) is 0 Å². The zero-order chi connectivity index (χ0) is 24.1. The van der Waals surface area contributed by atoms with Crippen LogP contribution in [0.3, 0.4) is 0 Å². The lowest BCUT2D eigenvalue weighted by Gasteiger charge is -2.37. The number of likely N-dealkylation sites (tertiary alicyclic amines) is 1. The van der Waals surface area contributed by atoms with Crippen LogP contribution in [0.4, 0.5) is 4.79 Å². The lowest BCUT2D eigenvalue weighted by Crippen LogP contribution is -2.55. The molecule has 2 N–H and O–H groups in total. The molecule has 2 heterocycles. The Hall–Kier alpha value is -2.42. The molecule has 0 radical (unpaired) electrons. The number of imide groups is 1. The number of halogens is 2. The second kappa shape index (κ2) is 12.0. The van der Waals surface area contributed by atoms with Crippen LogP contribution >= 0.6 is 28.3 Å². The van der Waals surface area contributed by atoms with Gasteiger partial charge in [-0.3, -0.25) is 14.5 Å². The molecule has 9 heteroatoms. The van der Waals surface area contributed by atoms with Gasteiger partial charge in [0.1, 0.15) is 5.54 Å². The van der Waals surface area contributed by atoms with Crippen LogP contribution in [0.5, 0.6) is 0 Å². The third-order valence-corrected chi connectivity index (χ3v) is 7.33. The number of hydrogen-bond acceptors (Lipinski definition) is 4. The number of piperidine rings is 1. The van der Waals surface area contributed by atoms with E-state index < -0.39 is 5.54 Å². The Balaban J connectivity index is 0.00000342. The van der Waals surface area contributed by atoms with Crippen molar-refractivity contribution in [1.82, 2.24) is 20.4 Å². The van der Waals surface area contributed by atoms with Crippen LogP contribution in [0.25, 0.3) is 0 Å². The fourth-order valence-corrected chi connectivity index (χ4v) is 4.97. The van der Waals surface area contributed by atoms with Crippen molar-refractivity contribution in [1.29, 1.82) is 0 Å². The van der Waals surface area contributed by atoms with E-state index in [1.165, 1.54) is 4.90 Å². The van der Waals surface area contributed by atoms with E-state index in [2.05, 4.69) is 31.5 Å². The van der Waals surface area contributed by atoms with Gasteiger partial charge < -0.3 is 15.5 Å². The number of nitrogens with one attached hydrogen (secondary N) is 2. The molecule has 0 saturated carbocycles. The average molecular weight is 564 g/mol. The molecule has 0 aromatic heterocycles. The van der Waals surface area contributed by atoms with Crippen molar-refractivity contribution in [3.8, 4) is 0 Å².